The number of hydrogen-bond donors (Lipinski definition) is 2. The number of rotatable bonds is 18. The Kier molecular flexibility index (Phi) is 17.7. The minimum atomic E-state index is -0.571. The van der Waals surface area contributed by atoms with E-state index in [0.717, 1.165) is 107 Å². The van der Waals surface area contributed by atoms with Crippen LogP contribution in [0.1, 0.15) is 219 Å². The molecule has 0 radical (unpaired) electrons. The maximum absolute atomic E-state index is 14.6. The Morgan fingerprint density at radius 2 is 0.593 bits per heavy atom. The number of nitrogens with one attached hydrogen (secondary N) is 2. The van der Waals surface area contributed by atoms with Gasteiger partial charge < -0.3 is 9.97 Å². The molecule has 0 atom stereocenters. The Balaban J connectivity index is 0.701. The molecule has 11 aromatic rings. The molecule has 0 fully saturated rings. The molecule has 8 aromatic carbocycles. The molecule has 0 spiro atoms. The predicted octanol–water partition coefficient (Wildman–Crippen LogP) is 18.6. The van der Waals surface area contributed by atoms with Crippen molar-refractivity contribution < 1.29 is 38.4 Å². The molecule has 2 N–H and O–H groups in total. The van der Waals surface area contributed by atoms with Gasteiger partial charge in [-0.05, 0) is 170 Å². The third-order valence-electron chi connectivity index (χ3n) is 21.2. The number of unbranched alkanes of at least 4 members (excludes halogenated alkanes) is 10. The Morgan fingerprint density at radius 3 is 0.926 bits per heavy atom. The number of carbonyl (C=O) groups is 8. The van der Waals surface area contributed by atoms with E-state index in [2.05, 4.69) is 47.5 Å². The Labute approximate surface area is 622 Å². The van der Waals surface area contributed by atoms with E-state index >= 15 is 0 Å². The van der Waals surface area contributed by atoms with E-state index in [1.165, 1.54) is 9.80 Å². The molecule has 0 unspecified atom stereocenters. The second-order valence-corrected chi connectivity index (χ2v) is 27.9. The van der Waals surface area contributed by atoms with Gasteiger partial charge in [-0.15, -0.1) is 0 Å². The zero-order chi connectivity index (χ0) is 73.8. The SMILES string of the molecule is CCCCCCCCN1C(=O)c2ccc3c4c(ccc(c24)C1=O)C(=O)N(c1ccc(C#Cc2c4nc(c(-c5ccccc5)c5ccc([nH]5)c(C#Cc5ccc(N6C(=O)c7ccc8c9c(ccc(c79)C6=O)C(=O)N(CCCCCCCC)C8=O)cc5)c5nc(c(-c6ccccc6)c6ccc2[nH]6)C=C5)C=C4)cc1)C3=O. The number of carbonyl (C=O) groups excluding carboxylic acids is 8. The number of fused-ring (bicyclic) bond motifs is 8. The van der Waals surface area contributed by atoms with Crippen molar-refractivity contribution in [3.8, 4) is 45.9 Å². The molecule has 8 amide bonds. The molecule has 108 heavy (non-hydrogen) atoms. The van der Waals surface area contributed by atoms with E-state index in [-0.39, 0.29) is 22.3 Å². The van der Waals surface area contributed by atoms with Crippen molar-refractivity contribution in [1.29, 1.82) is 0 Å². The molecule has 8 bridgehead atoms. The lowest BCUT2D eigenvalue weighted by atomic mass is 9.85. The zero-order valence-corrected chi connectivity index (χ0v) is 59.5. The average molecular weight is 1420 g/mol. The van der Waals surface area contributed by atoms with E-state index in [1.807, 2.05) is 109 Å². The Hall–Kier alpha value is -13.4. The predicted molar refractivity (Wildman–Crippen MR) is 422 cm³/mol. The van der Waals surface area contributed by atoms with Gasteiger partial charge in [-0.2, -0.15) is 0 Å². The number of nitrogens with zero attached hydrogens (tertiary/aromatic N) is 6. The van der Waals surface area contributed by atoms with Crippen LogP contribution in [0.15, 0.2) is 182 Å². The first kappa shape index (κ1) is 67.7. The first-order valence-electron chi connectivity index (χ1n) is 37.1. The van der Waals surface area contributed by atoms with Crippen LogP contribution >= 0.6 is 0 Å². The number of benzene rings is 8. The average Bonchev–Trinajstić information content (AvgIpc) is 0.964. The van der Waals surface area contributed by atoms with Crippen molar-refractivity contribution >= 4 is 127 Å². The standard InChI is InChI=1S/C92H70N8O8/c1-3-5-7-9-11-19-53-97-85(101)63-37-41-67-83-68(42-38-64(81(63)83)86(97)102)90(106)99(89(67)105)59-31-25-55(26-32-59)29-35-61-71-45-49-75(93-71)79(57-21-15-13-16-22-57)77-51-47-73(95-77)62(74-48-52-78(96-74)80(58-23-17-14-18-24-58)76-50-46-72(61)94-76)36-30-56-27-33-60(34-28-56)100-91(107)69-43-39-65-82-66(40-44-70(84(69)82)92(100)108)88(104)98(87(65)103)54-20-12-10-8-6-4-2/h13-18,21-28,31-34,37-52,93,96H,3-12,19-20,53-54H2,1-2H3. The fraction of sp³-hybridized carbons (Fsp3) is 0.174. The minimum Gasteiger partial charge on any atom is -0.354 e. The normalized spacial score (nSPS) is 14.0. The van der Waals surface area contributed by atoms with Crippen molar-refractivity contribution in [2.45, 2.75) is 90.9 Å². The summed E-state index contributed by atoms with van der Waals surface area (Å²) in [5.41, 5.74) is 13.9. The second-order valence-electron chi connectivity index (χ2n) is 27.9. The van der Waals surface area contributed by atoms with Crippen LogP contribution < -0.4 is 9.80 Å². The first-order chi connectivity index (χ1) is 52.8. The van der Waals surface area contributed by atoms with Gasteiger partial charge in [-0.3, -0.25) is 48.2 Å². The highest BCUT2D eigenvalue weighted by atomic mass is 16.2. The third-order valence-corrected chi connectivity index (χ3v) is 21.2. The van der Waals surface area contributed by atoms with Gasteiger partial charge in [0.05, 0.1) is 56.3 Å². The molecule has 17 rings (SSSR count). The van der Waals surface area contributed by atoms with Gasteiger partial charge in [0.1, 0.15) is 0 Å². The maximum atomic E-state index is 14.6. The van der Waals surface area contributed by atoms with Crippen LogP contribution in [0.2, 0.25) is 0 Å². The summed E-state index contributed by atoms with van der Waals surface area (Å²) in [5, 5.41) is 1.30. The lowest BCUT2D eigenvalue weighted by Crippen LogP contribution is -2.43. The highest BCUT2D eigenvalue weighted by Crippen LogP contribution is 2.43. The lowest BCUT2D eigenvalue weighted by molar-refractivity contribution is 0.0592. The van der Waals surface area contributed by atoms with E-state index in [1.54, 1.807) is 97.1 Å². The third kappa shape index (κ3) is 11.8. The highest BCUT2D eigenvalue weighted by molar-refractivity contribution is 6.41. The summed E-state index contributed by atoms with van der Waals surface area (Å²) in [7, 11) is 0. The summed E-state index contributed by atoms with van der Waals surface area (Å²) in [5.74, 6) is 9.71. The van der Waals surface area contributed by atoms with Crippen molar-refractivity contribution in [2.24, 2.45) is 0 Å². The summed E-state index contributed by atoms with van der Waals surface area (Å²) in [6, 6.07) is 54.5. The maximum Gasteiger partial charge on any atom is 0.265 e. The molecule has 0 saturated carbocycles. The molecule has 16 heteroatoms. The van der Waals surface area contributed by atoms with E-state index in [9.17, 15) is 38.4 Å². The Bertz CT molecular complexity index is 5600. The van der Waals surface area contributed by atoms with Crippen molar-refractivity contribution in [3.05, 3.63) is 272 Å². The van der Waals surface area contributed by atoms with Gasteiger partial charge in [0.15, 0.2) is 0 Å². The van der Waals surface area contributed by atoms with E-state index < -0.39 is 47.3 Å². The van der Waals surface area contributed by atoms with Gasteiger partial charge in [-0.1, -0.05) is 162 Å². The largest absolute Gasteiger partial charge is 0.354 e. The van der Waals surface area contributed by atoms with Crippen LogP contribution in [-0.2, 0) is 0 Å². The van der Waals surface area contributed by atoms with Gasteiger partial charge in [0.2, 0.25) is 0 Å². The van der Waals surface area contributed by atoms with Crippen LogP contribution in [0.4, 0.5) is 11.4 Å². The number of aromatic amines is 2. The zero-order valence-electron chi connectivity index (χ0n) is 59.5. The number of H-pyrrole nitrogens is 2. The van der Waals surface area contributed by atoms with Crippen LogP contribution in [0, 0.1) is 23.7 Å². The smallest absolute Gasteiger partial charge is 0.265 e. The monoisotopic (exact) mass is 1410 g/mol. The summed E-state index contributed by atoms with van der Waals surface area (Å²) >= 11 is 0. The number of anilines is 2. The summed E-state index contributed by atoms with van der Waals surface area (Å²) < 4.78 is 0. The molecule has 0 aliphatic carbocycles. The molecule has 0 saturated heterocycles. The summed E-state index contributed by atoms with van der Waals surface area (Å²) in [6.07, 6.45) is 19.9. The molecule has 526 valence electrons. The Morgan fingerprint density at radius 1 is 0.296 bits per heavy atom. The fourth-order valence-corrected chi connectivity index (χ4v) is 15.8. The molecule has 6 aliphatic rings. The van der Waals surface area contributed by atoms with Crippen LogP contribution in [-0.4, -0.2) is 90.1 Å². The number of amides is 8. The minimum absolute atomic E-state index is 0.224. The first-order valence-corrected chi connectivity index (χ1v) is 37.1. The van der Waals surface area contributed by atoms with Gasteiger partial charge in [0, 0.05) is 112 Å². The molecule has 6 aliphatic heterocycles. The number of hydrogen-bond acceptors (Lipinski definition) is 10. The summed E-state index contributed by atoms with van der Waals surface area (Å²) in [4.78, 5) is 137. The molecule has 9 heterocycles. The van der Waals surface area contributed by atoms with Crippen LogP contribution in [0.25, 0.3) is 90.2 Å². The van der Waals surface area contributed by atoms with Gasteiger partial charge in [0.25, 0.3) is 47.3 Å². The number of imide groups is 4. The quantitative estimate of drug-likeness (QED) is 0.0472. The second kappa shape index (κ2) is 28.2. The summed E-state index contributed by atoms with van der Waals surface area (Å²) in [6.45, 7) is 4.91. The highest BCUT2D eigenvalue weighted by Gasteiger charge is 2.42. The van der Waals surface area contributed by atoms with E-state index in [4.69, 9.17) is 9.97 Å². The van der Waals surface area contributed by atoms with E-state index in [0.29, 0.717) is 137 Å². The topological polar surface area (TPSA) is 207 Å². The number of aromatic nitrogens is 4. The molecular formula is C92H70N8O8. The molecule has 3 aromatic heterocycles. The van der Waals surface area contributed by atoms with Crippen molar-refractivity contribution in [2.75, 3.05) is 22.9 Å². The van der Waals surface area contributed by atoms with Gasteiger partial charge >= 0.3 is 0 Å². The lowest BCUT2D eigenvalue weighted by Gasteiger charge is -2.32. The molecular weight excluding hydrogens is 1350 g/mol. The fourth-order valence-electron chi connectivity index (χ4n) is 15.8. The molecule has 16 nitrogen and oxygen atoms in total. The van der Waals surface area contributed by atoms with Gasteiger partial charge in [-0.25, -0.2) is 19.8 Å². The van der Waals surface area contributed by atoms with Crippen LogP contribution in [0.3, 0.4) is 0 Å². The van der Waals surface area contributed by atoms with Crippen molar-refractivity contribution in [1.82, 2.24) is 29.7 Å². The van der Waals surface area contributed by atoms with Crippen LogP contribution in [0.5, 0.6) is 0 Å². The van der Waals surface area contributed by atoms with Crippen molar-refractivity contribution in [3.63, 3.8) is 0 Å².